The lowest BCUT2D eigenvalue weighted by molar-refractivity contribution is 0.373. The van der Waals surface area contributed by atoms with Crippen LogP contribution >= 0.6 is 27.5 Å². The number of benzene rings is 2. The summed E-state index contributed by atoms with van der Waals surface area (Å²) in [5.41, 5.74) is 1.33. The topological polar surface area (TPSA) is 12.0 Å². The molecule has 1 saturated carbocycles. The Hall–Kier alpha value is -1.13. The molecule has 0 bridgehead atoms. The summed E-state index contributed by atoms with van der Waals surface area (Å²) in [6.07, 6.45) is 1.72. The molecule has 1 aliphatic rings. The highest BCUT2D eigenvalue weighted by Crippen LogP contribution is 2.41. The van der Waals surface area contributed by atoms with Crippen molar-refractivity contribution in [3.05, 3.63) is 63.1 Å². The zero-order chi connectivity index (χ0) is 15.0. The minimum Gasteiger partial charge on any atom is -0.380 e. The molecule has 0 saturated heterocycles. The Morgan fingerprint density at radius 2 is 1.81 bits per heavy atom. The SMILES string of the molecule is Fc1cc(NC2CC(c3ccccc3Cl)C2)c(F)cc1Br. The maximum absolute atomic E-state index is 13.8. The minimum atomic E-state index is -0.471. The van der Waals surface area contributed by atoms with Gasteiger partial charge in [0.1, 0.15) is 11.6 Å². The molecule has 1 N–H and O–H groups in total. The summed E-state index contributed by atoms with van der Waals surface area (Å²) in [5, 5.41) is 3.82. The van der Waals surface area contributed by atoms with Crippen molar-refractivity contribution >= 4 is 33.2 Å². The second-order valence-electron chi connectivity index (χ2n) is 5.28. The molecule has 0 aliphatic heterocycles. The van der Waals surface area contributed by atoms with E-state index in [-0.39, 0.29) is 16.2 Å². The highest BCUT2D eigenvalue weighted by Gasteiger charge is 2.31. The lowest BCUT2D eigenvalue weighted by Crippen LogP contribution is -2.34. The molecular formula is C16H13BrClF2N. The Labute approximate surface area is 135 Å². The fraction of sp³-hybridized carbons (Fsp3) is 0.250. The van der Waals surface area contributed by atoms with E-state index in [4.69, 9.17) is 11.6 Å². The Kier molecular flexibility index (Phi) is 4.18. The van der Waals surface area contributed by atoms with Crippen molar-refractivity contribution in [1.29, 1.82) is 0 Å². The van der Waals surface area contributed by atoms with Gasteiger partial charge < -0.3 is 5.32 Å². The van der Waals surface area contributed by atoms with Gasteiger partial charge in [-0.3, -0.25) is 0 Å². The van der Waals surface area contributed by atoms with Gasteiger partial charge in [0, 0.05) is 17.1 Å². The Balaban J connectivity index is 1.65. The minimum absolute atomic E-state index is 0.133. The summed E-state index contributed by atoms with van der Waals surface area (Å²) >= 11 is 9.14. The first-order chi connectivity index (χ1) is 10.0. The molecule has 1 fully saturated rings. The summed E-state index contributed by atoms with van der Waals surface area (Å²) in [4.78, 5) is 0. The second-order valence-corrected chi connectivity index (χ2v) is 6.54. The lowest BCUT2D eigenvalue weighted by Gasteiger charge is -2.37. The van der Waals surface area contributed by atoms with Crippen LogP contribution in [0.3, 0.4) is 0 Å². The number of halogens is 4. The van der Waals surface area contributed by atoms with E-state index in [1.54, 1.807) is 0 Å². The van der Waals surface area contributed by atoms with Crippen LogP contribution in [-0.4, -0.2) is 6.04 Å². The van der Waals surface area contributed by atoms with Crippen LogP contribution in [0, 0.1) is 11.6 Å². The summed E-state index contributed by atoms with van der Waals surface area (Å²) in [6, 6.07) is 10.2. The number of hydrogen-bond acceptors (Lipinski definition) is 1. The number of nitrogens with one attached hydrogen (secondary N) is 1. The van der Waals surface area contributed by atoms with E-state index in [1.807, 2.05) is 24.3 Å². The third kappa shape index (κ3) is 3.06. The fourth-order valence-corrected chi connectivity index (χ4v) is 3.25. The van der Waals surface area contributed by atoms with Crippen molar-refractivity contribution < 1.29 is 8.78 Å². The molecule has 2 aromatic rings. The van der Waals surface area contributed by atoms with Crippen LogP contribution in [0.4, 0.5) is 14.5 Å². The average molecular weight is 373 g/mol. The highest BCUT2D eigenvalue weighted by atomic mass is 79.9. The van der Waals surface area contributed by atoms with Crippen LogP contribution in [0.1, 0.15) is 24.3 Å². The fourth-order valence-electron chi connectivity index (χ4n) is 2.65. The lowest BCUT2D eigenvalue weighted by atomic mass is 9.76. The Bertz CT molecular complexity index is 671. The quantitative estimate of drug-likeness (QED) is 0.678. The normalized spacial score (nSPS) is 21.0. The molecule has 5 heteroatoms. The van der Waals surface area contributed by atoms with Gasteiger partial charge in [-0.05, 0) is 52.4 Å². The van der Waals surface area contributed by atoms with Crippen LogP contribution in [0.15, 0.2) is 40.9 Å². The third-order valence-electron chi connectivity index (χ3n) is 3.85. The number of hydrogen-bond donors (Lipinski definition) is 1. The van der Waals surface area contributed by atoms with Crippen LogP contribution in [0.5, 0.6) is 0 Å². The van der Waals surface area contributed by atoms with Crippen molar-refractivity contribution in [3.63, 3.8) is 0 Å². The van der Waals surface area contributed by atoms with Gasteiger partial charge in [-0.1, -0.05) is 29.8 Å². The summed E-state index contributed by atoms with van der Waals surface area (Å²) < 4.78 is 27.3. The summed E-state index contributed by atoms with van der Waals surface area (Å²) in [7, 11) is 0. The van der Waals surface area contributed by atoms with Crippen LogP contribution in [-0.2, 0) is 0 Å². The molecule has 1 nitrogen and oxygen atoms in total. The molecular weight excluding hydrogens is 360 g/mol. The number of rotatable bonds is 3. The Morgan fingerprint density at radius 3 is 2.52 bits per heavy atom. The second kappa shape index (κ2) is 5.93. The van der Waals surface area contributed by atoms with Gasteiger partial charge in [0.15, 0.2) is 0 Å². The maximum atomic E-state index is 13.8. The van der Waals surface area contributed by atoms with Crippen LogP contribution in [0.25, 0.3) is 0 Å². The largest absolute Gasteiger partial charge is 0.380 e. The van der Waals surface area contributed by atoms with Gasteiger partial charge in [0.2, 0.25) is 0 Å². The molecule has 110 valence electrons. The zero-order valence-electron chi connectivity index (χ0n) is 11.0. The molecule has 1 aliphatic carbocycles. The molecule has 0 radical (unpaired) electrons. The first-order valence-corrected chi connectivity index (χ1v) is 7.87. The van der Waals surface area contributed by atoms with E-state index in [2.05, 4.69) is 21.2 Å². The van der Waals surface area contributed by atoms with Gasteiger partial charge in [0.05, 0.1) is 10.2 Å². The molecule has 3 rings (SSSR count). The van der Waals surface area contributed by atoms with E-state index >= 15 is 0 Å². The van der Waals surface area contributed by atoms with Crippen molar-refractivity contribution in [2.75, 3.05) is 5.32 Å². The standard InChI is InChI=1S/C16H13BrClF2N/c17-12-7-15(20)16(8-14(12)19)21-10-5-9(6-10)11-3-1-2-4-13(11)18/h1-4,7-10,21H,5-6H2. The predicted octanol–water partition coefficient (Wildman–Crippen LogP) is 5.74. The van der Waals surface area contributed by atoms with Gasteiger partial charge >= 0.3 is 0 Å². The molecule has 0 unspecified atom stereocenters. The molecule has 2 aromatic carbocycles. The van der Waals surface area contributed by atoms with E-state index in [0.717, 1.165) is 29.5 Å². The first-order valence-electron chi connectivity index (χ1n) is 6.70. The van der Waals surface area contributed by atoms with Gasteiger partial charge in [-0.2, -0.15) is 0 Å². The van der Waals surface area contributed by atoms with Crippen molar-refractivity contribution in [2.24, 2.45) is 0 Å². The molecule has 0 atom stereocenters. The van der Waals surface area contributed by atoms with Crippen molar-refractivity contribution in [2.45, 2.75) is 24.8 Å². The van der Waals surface area contributed by atoms with Gasteiger partial charge in [-0.15, -0.1) is 0 Å². The van der Waals surface area contributed by atoms with Crippen LogP contribution < -0.4 is 5.32 Å². The molecule has 0 heterocycles. The first kappa shape index (κ1) is 14.8. The summed E-state index contributed by atoms with van der Waals surface area (Å²) in [6.45, 7) is 0. The average Bonchev–Trinajstić information content (AvgIpc) is 2.40. The predicted molar refractivity (Wildman–Crippen MR) is 84.9 cm³/mol. The molecule has 0 aromatic heterocycles. The van der Waals surface area contributed by atoms with E-state index in [9.17, 15) is 8.78 Å². The maximum Gasteiger partial charge on any atom is 0.147 e. The van der Waals surface area contributed by atoms with Crippen LogP contribution in [0.2, 0.25) is 5.02 Å². The number of anilines is 1. The monoisotopic (exact) mass is 371 g/mol. The smallest absolute Gasteiger partial charge is 0.147 e. The zero-order valence-corrected chi connectivity index (χ0v) is 13.4. The van der Waals surface area contributed by atoms with E-state index in [1.165, 1.54) is 6.07 Å². The van der Waals surface area contributed by atoms with E-state index < -0.39 is 11.6 Å². The van der Waals surface area contributed by atoms with Gasteiger partial charge in [-0.25, -0.2) is 8.78 Å². The third-order valence-corrected chi connectivity index (χ3v) is 4.80. The summed E-state index contributed by atoms with van der Waals surface area (Å²) in [5.74, 6) is -0.551. The Morgan fingerprint density at radius 1 is 1.10 bits per heavy atom. The molecule has 0 spiro atoms. The van der Waals surface area contributed by atoms with E-state index in [0.29, 0.717) is 5.92 Å². The van der Waals surface area contributed by atoms with Crippen molar-refractivity contribution in [1.82, 2.24) is 0 Å². The van der Waals surface area contributed by atoms with Crippen molar-refractivity contribution in [3.8, 4) is 0 Å². The molecule has 0 amide bonds. The highest BCUT2D eigenvalue weighted by molar-refractivity contribution is 9.10. The molecule has 21 heavy (non-hydrogen) atoms. The van der Waals surface area contributed by atoms with Gasteiger partial charge in [0.25, 0.3) is 0 Å².